The number of aromatic nitrogens is 1. The summed E-state index contributed by atoms with van der Waals surface area (Å²) in [5.74, 6) is 0.164. The number of rotatable bonds is 5. The zero-order valence-electron chi connectivity index (χ0n) is 11.1. The Bertz CT molecular complexity index is 602. The van der Waals surface area contributed by atoms with Gasteiger partial charge in [-0.25, -0.2) is 9.78 Å². The van der Waals surface area contributed by atoms with E-state index in [0.717, 1.165) is 10.0 Å². The van der Waals surface area contributed by atoms with Gasteiger partial charge in [0.25, 0.3) is 0 Å². The standard InChI is InChI=1S/C15H15BrN2O2/c1-2-20-15(19)12-7-5-9-17-14(12)18-10-11-6-3-4-8-13(11)16/h3-9H,2,10H2,1H3,(H,17,18). The molecule has 0 aliphatic rings. The Morgan fingerprint density at radius 3 is 2.85 bits per heavy atom. The highest BCUT2D eigenvalue weighted by atomic mass is 79.9. The van der Waals surface area contributed by atoms with Crippen LogP contribution in [0, 0.1) is 0 Å². The maximum absolute atomic E-state index is 11.8. The number of ether oxygens (including phenoxy) is 1. The van der Waals surface area contributed by atoms with Crippen LogP contribution < -0.4 is 5.32 Å². The highest BCUT2D eigenvalue weighted by Crippen LogP contribution is 2.19. The van der Waals surface area contributed by atoms with Crippen LogP contribution in [0.3, 0.4) is 0 Å². The van der Waals surface area contributed by atoms with Gasteiger partial charge in [-0.1, -0.05) is 34.1 Å². The van der Waals surface area contributed by atoms with Crippen molar-refractivity contribution < 1.29 is 9.53 Å². The molecule has 0 fully saturated rings. The summed E-state index contributed by atoms with van der Waals surface area (Å²) in [6.07, 6.45) is 1.64. The largest absolute Gasteiger partial charge is 0.462 e. The van der Waals surface area contributed by atoms with E-state index < -0.39 is 0 Å². The molecule has 0 bridgehead atoms. The fourth-order valence-corrected chi connectivity index (χ4v) is 2.17. The third kappa shape index (κ3) is 3.57. The molecule has 0 aliphatic heterocycles. The molecule has 0 atom stereocenters. The minimum atomic E-state index is -0.366. The summed E-state index contributed by atoms with van der Waals surface area (Å²) >= 11 is 3.49. The smallest absolute Gasteiger partial charge is 0.341 e. The molecule has 0 saturated carbocycles. The Labute approximate surface area is 126 Å². The van der Waals surface area contributed by atoms with Crippen LogP contribution in [0.1, 0.15) is 22.8 Å². The van der Waals surface area contributed by atoms with E-state index in [1.165, 1.54) is 0 Å². The summed E-state index contributed by atoms with van der Waals surface area (Å²) in [6, 6.07) is 11.3. The van der Waals surface area contributed by atoms with Gasteiger partial charge in [0.1, 0.15) is 11.4 Å². The van der Waals surface area contributed by atoms with E-state index in [4.69, 9.17) is 4.74 Å². The first-order valence-corrected chi connectivity index (χ1v) is 7.11. The topological polar surface area (TPSA) is 51.2 Å². The van der Waals surface area contributed by atoms with E-state index in [2.05, 4.69) is 26.2 Å². The van der Waals surface area contributed by atoms with Crippen molar-refractivity contribution >= 4 is 27.7 Å². The summed E-state index contributed by atoms with van der Waals surface area (Å²) < 4.78 is 6.03. The number of nitrogens with one attached hydrogen (secondary N) is 1. The quantitative estimate of drug-likeness (QED) is 0.848. The molecule has 4 nitrogen and oxygen atoms in total. The van der Waals surface area contributed by atoms with Crippen LogP contribution in [-0.2, 0) is 11.3 Å². The monoisotopic (exact) mass is 334 g/mol. The van der Waals surface area contributed by atoms with Gasteiger partial charge < -0.3 is 10.1 Å². The van der Waals surface area contributed by atoms with Crippen molar-refractivity contribution in [2.24, 2.45) is 0 Å². The van der Waals surface area contributed by atoms with Crippen LogP contribution in [0.15, 0.2) is 47.1 Å². The number of carbonyl (C=O) groups excluding carboxylic acids is 1. The van der Waals surface area contributed by atoms with Gasteiger partial charge in [0.2, 0.25) is 0 Å². The Hall–Kier alpha value is -1.88. The van der Waals surface area contributed by atoms with Gasteiger partial charge in [0, 0.05) is 17.2 Å². The van der Waals surface area contributed by atoms with Crippen molar-refractivity contribution in [1.82, 2.24) is 4.98 Å². The molecular weight excluding hydrogens is 320 g/mol. The summed E-state index contributed by atoms with van der Waals surface area (Å²) in [7, 11) is 0. The molecule has 1 aromatic heterocycles. The third-order valence-corrected chi connectivity index (χ3v) is 3.48. The molecule has 0 saturated heterocycles. The van der Waals surface area contributed by atoms with Crippen molar-refractivity contribution in [2.45, 2.75) is 13.5 Å². The van der Waals surface area contributed by atoms with E-state index >= 15 is 0 Å². The summed E-state index contributed by atoms with van der Waals surface area (Å²) in [5.41, 5.74) is 1.54. The molecule has 0 amide bonds. The molecule has 2 rings (SSSR count). The molecule has 104 valence electrons. The van der Waals surface area contributed by atoms with Crippen molar-refractivity contribution in [2.75, 3.05) is 11.9 Å². The van der Waals surface area contributed by atoms with Crippen molar-refractivity contribution in [3.05, 3.63) is 58.2 Å². The normalized spacial score (nSPS) is 10.1. The van der Waals surface area contributed by atoms with Crippen molar-refractivity contribution in [3.8, 4) is 0 Å². The fraction of sp³-hybridized carbons (Fsp3) is 0.200. The second-order valence-corrected chi connectivity index (χ2v) is 4.92. The average molecular weight is 335 g/mol. The van der Waals surface area contributed by atoms with Gasteiger partial charge >= 0.3 is 5.97 Å². The Kier molecular flexibility index (Phi) is 5.12. The van der Waals surface area contributed by atoms with Gasteiger partial charge in [-0.2, -0.15) is 0 Å². The molecule has 20 heavy (non-hydrogen) atoms. The SMILES string of the molecule is CCOC(=O)c1cccnc1NCc1ccccc1Br. The minimum absolute atomic E-state index is 0.345. The van der Waals surface area contributed by atoms with E-state index in [1.807, 2.05) is 24.3 Å². The first-order chi connectivity index (χ1) is 9.72. The summed E-state index contributed by atoms with van der Waals surface area (Å²) in [4.78, 5) is 16.0. The second-order valence-electron chi connectivity index (χ2n) is 4.07. The molecule has 0 aliphatic carbocycles. The van der Waals surface area contributed by atoms with Gasteiger partial charge in [-0.3, -0.25) is 0 Å². The number of carbonyl (C=O) groups is 1. The predicted molar refractivity (Wildman–Crippen MR) is 81.7 cm³/mol. The summed E-state index contributed by atoms with van der Waals surface area (Å²) in [5, 5.41) is 3.17. The van der Waals surface area contributed by atoms with Gasteiger partial charge in [-0.05, 0) is 30.7 Å². The maximum Gasteiger partial charge on any atom is 0.341 e. The number of esters is 1. The minimum Gasteiger partial charge on any atom is -0.462 e. The molecule has 1 aromatic carbocycles. The number of anilines is 1. The Morgan fingerprint density at radius 2 is 2.10 bits per heavy atom. The maximum atomic E-state index is 11.8. The van der Waals surface area contributed by atoms with Crippen LogP contribution in [0.25, 0.3) is 0 Å². The fourth-order valence-electron chi connectivity index (χ4n) is 1.74. The van der Waals surface area contributed by atoms with Crippen molar-refractivity contribution in [1.29, 1.82) is 0 Å². The molecule has 0 spiro atoms. The molecule has 5 heteroatoms. The Morgan fingerprint density at radius 1 is 1.30 bits per heavy atom. The molecular formula is C15H15BrN2O2. The van der Waals surface area contributed by atoms with E-state index in [-0.39, 0.29) is 5.97 Å². The Balaban J connectivity index is 2.14. The molecule has 1 heterocycles. The first kappa shape index (κ1) is 14.5. The van der Waals surface area contributed by atoms with E-state index in [1.54, 1.807) is 25.3 Å². The number of benzene rings is 1. The lowest BCUT2D eigenvalue weighted by Gasteiger charge is -2.11. The lowest BCUT2D eigenvalue weighted by atomic mass is 10.2. The number of pyridine rings is 1. The highest BCUT2D eigenvalue weighted by molar-refractivity contribution is 9.10. The molecule has 1 N–H and O–H groups in total. The number of nitrogens with zero attached hydrogens (tertiary/aromatic N) is 1. The first-order valence-electron chi connectivity index (χ1n) is 6.31. The molecule has 0 radical (unpaired) electrons. The lowest BCUT2D eigenvalue weighted by Crippen LogP contribution is -2.11. The van der Waals surface area contributed by atoms with Crippen LogP contribution >= 0.6 is 15.9 Å². The van der Waals surface area contributed by atoms with Crippen molar-refractivity contribution in [3.63, 3.8) is 0 Å². The zero-order chi connectivity index (χ0) is 14.4. The van der Waals surface area contributed by atoms with E-state index in [9.17, 15) is 4.79 Å². The van der Waals surface area contributed by atoms with E-state index in [0.29, 0.717) is 24.5 Å². The number of hydrogen-bond acceptors (Lipinski definition) is 4. The zero-order valence-corrected chi connectivity index (χ0v) is 12.7. The van der Waals surface area contributed by atoms with Gasteiger partial charge in [0.15, 0.2) is 0 Å². The van der Waals surface area contributed by atoms with Crippen LogP contribution in [0.2, 0.25) is 0 Å². The van der Waals surface area contributed by atoms with Gasteiger partial charge in [0.05, 0.1) is 6.61 Å². The number of hydrogen-bond donors (Lipinski definition) is 1. The van der Waals surface area contributed by atoms with Gasteiger partial charge in [-0.15, -0.1) is 0 Å². The van der Waals surface area contributed by atoms with Crippen LogP contribution in [0.4, 0.5) is 5.82 Å². The van der Waals surface area contributed by atoms with Crippen LogP contribution in [0.5, 0.6) is 0 Å². The molecule has 2 aromatic rings. The number of halogens is 1. The lowest BCUT2D eigenvalue weighted by molar-refractivity contribution is 0.0527. The summed E-state index contributed by atoms with van der Waals surface area (Å²) in [6.45, 7) is 2.70. The third-order valence-electron chi connectivity index (χ3n) is 2.71. The second kappa shape index (κ2) is 7.05. The average Bonchev–Trinajstić information content (AvgIpc) is 2.47. The van der Waals surface area contributed by atoms with Crippen LogP contribution in [-0.4, -0.2) is 17.6 Å². The highest BCUT2D eigenvalue weighted by Gasteiger charge is 2.13. The molecule has 0 unspecified atom stereocenters. The predicted octanol–water partition coefficient (Wildman–Crippen LogP) is 3.63.